The smallest absolute Gasteiger partial charge is 0.140 e. The van der Waals surface area contributed by atoms with E-state index >= 15 is 0 Å². The van der Waals surface area contributed by atoms with Gasteiger partial charge in [0.15, 0.2) is 0 Å². The minimum absolute atomic E-state index is 0.769. The van der Waals surface area contributed by atoms with Gasteiger partial charge in [0.05, 0.1) is 22.2 Å². The molecule has 0 bridgehead atoms. The van der Waals surface area contributed by atoms with Crippen molar-refractivity contribution in [2.45, 2.75) is 20.4 Å². The summed E-state index contributed by atoms with van der Waals surface area (Å²) in [6, 6.07) is 2.05. The van der Waals surface area contributed by atoms with Crippen LogP contribution in [0, 0.1) is 13.8 Å². The van der Waals surface area contributed by atoms with Crippen LogP contribution in [0.1, 0.15) is 16.1 Å². The molecular weight excluding hydrogens is 286 g/mol. The zero-order valence-corrected chi connectivity index (χ0v) is 11.5. The van der Waals surface area contributed by atoms with Crippen LogP contribution in [0.4, 0.5) is 5.82 Å². The Labute approximate surface area is 107 Å². The third-order valence-corrected chi connectivity index (χ3v) is 3.78. The highest BCUT2D eigenvalue weighted by Gasteiger charge is 2.04. The number of halogens is 1. The number of rotatable bonds is 3. The third-order valence-electron chi connectivity index (χ3n) is 2.24. The van der Waals surface area contributed by atoms with Crippen molar-refractivity contribution >= 4 is 33.1 Å². The molecule has 0 fully saturated rings. The molecule has 2 heterocycles. The van der Waals surface area contributed by atoms with Crippen LogP contribution in [0.5, 0.6) is 0 Å². The molecule has 0 radical (unpaired) electrons. The molecule has 0 unspecified atom stereocenters. The summed E-state index contributed by atoms with van der Waals surface area (Å²) in [5.74, 6) is 0.874. The molecule has 0 amide bonds. The number of nitrogens with one attached hydrogen (secondary N) is 1. The average Bonchev–Trinajstić information content (AvgIpc) is 2.63. The Balaban J connectivity index is 2.08. The Kier molecular flexibility index (Phi) is 3.56. The fraction of sp³-hybridized carbons (Fsp3) is 0.273. The third kappa shape index (κ3) is 2.59. The number of nitrogens with zero attached hydrogens (tertiary/aromatic N) is 2. The van der Waals surface area contributed by atoms with Gasteiger partial charge in [-0.25, -0.2) is 9.97 Å². The van der Waals surface area contributed by atoms with Crippen LogP contribution < -0.4 is 5.32 Å². The van der Waals surface area contributed by atoms with Gasteiger partial charge in [0.2, 0.25) is 0 Å². The first kappa shape index (κ1) is 11.5. The molecule has 2 aromatic heterocycles. The fourth-order valence-corrected chi connectivity index (χ4v) is 2.64. The SMILES string of the molecule is Cc1cnc(NCc2scnc2C)c(Br)c1. The van der Waals surface area contributed by atoms with E-state index in [4.69, 9.17) is 0 Å². The normalized spacial score (nSPS) is 10.4. The number of hydrogen-bond donors (Lipinski definition) is 1. The number of hydrogen-bond acceptors (Lipinski definition) is 4. The van der Waals surface area contributed by atoms with Gasteiger partial charge in [0.1, 0.15) is 5.82 Å². The lowest BCUT2D eigenvalue weighted by Crippen LogP contribution is -2.02. The maximum absolute atomic E-state index is 4.33. The number of pyridine rings is 1. The molecule has 2 aromatic rings. The van der Waals surface area contributed by atoms with Gasteiger partial charge in [0.25, 0.3) is 0 Å². The number of thiazole rings is 1. The molecule has 3 nitrogen and oxygen atoms in total. The molecule has 0 spiro atoms. The Morgan fingerprint density at radius 2 is 2.19 bits per heavy atom. The minimum Gasteiger partial charge on any atom is -0.364 e. The molecule has 1 N–H and O–H groups in total. The highest BCUT2D eigenvalue weighted by molar-refractivity contribution is 9.10. The van der Waals surface area contributed by atoms with E-state index in [0.29, 0.717) is 0 Å². The van der Waals surface area contributed by atoms with Crippen molar-refractivity contribution in [2.24, 2.45) is 0 Å². The second kappa shape index (κ2) is 4.93. The second-order valence-electron chi connectivity index (χ2n) is 3.56. The van der Waals surface area contributed by atoms with Crippen LogP contribution in [0.25, 0.3) is 0 Å². The number of aromatic nitrogens is 2. The maximum atomic E-state index is 4.33. The van der Waals surface area contributed by atoms with E-state index in [2.05, 4.69) is 37.3 Å². The summed E-state index contributed by atoms with van der Waals surface area (Å²) in [5.41, 5.74) is 4.09. The van der Waals surface area contributed by atoms with Crippen LogP contribution in [0.2, 0.25) is 0 Å². The molecule has 0 atom stereocenters. The predicted octanol–water partition coefficient (Wildman–Crippen LogP) is 3.53. The van der Waals surface area contributed by atoms with Gasteiger partial charge in [-0.1, -0.05) is 0 Å². The van der Waals surface area contributed by atoms with Gasteiger partial charge in [-0.15, -0.1) is 11.3 Å². The van der Waals surface area contributed by atoms with Crippen molar-refractivity contribution in [1.29, 1.82) is 0 Å². The Hall–Kier alpha value is -0.940. The molecule has 0 aliphatic heterocycles. The summed E-state index contributed by atoms with van der Waals surface area (Å²) >= 11 is 5.15. The largest absolute Gasteiger partial charge is 0.364 e. The Morgan fingerprint density at radius 3 is 2.81 bits per heavy atom. The standard InChI is InChI=1S/C11H12BrN3S/c1-7-3-9(12)11(13-4-7)14-5-10-8(2)15-6-16-10/h3-4,6H,5H2,1-2H3,(H,13,14). The monoisotopic (exact) mass is 297 g/mol. The lowest BCUT2D eigenvalue weighted by molar-refractivity contribution is 1.09. The Bertz CT molecular complexity index is 496. The highest BCUT2D eigenvalue weighted by Crippen LogP contribution is 2.22. The van der Waals surface area contributed by atoms with Crippen LogP contribution >= 0.6 is 27.3 Å². The van der Waals surface area contributed by atoms with Crippen molar-refractivity contribution in [3.8, 4) is 0 Å². The topological polar surface area (TPSA) is 37.8 Å². The average molecular weight is 298 g/mol. The molecule has 2 rings (SSSR count). The van der Waals surface area contributed by atoms with Crippen LogP contribution in [-0.2, 0) is 6.54 Å². The predicted molar refractivity (Wildman–Crippen MR) is 70.9 cm³/mol. The van der Waals surface area contributed by atoms with E-state index in [9.17, 15) is 0 Å². The van der Waals surface area contributed by atoms with Crippen LogP contribution in [0.3, 0.4) is 0 Å². The minimum atomic E-state index is 0.769. The lowest BCUT2D eigenvalue weighted by atomic mass is 10.3. The van der Waals surface area contributed by atoms with Crippen molar-refractivity contribution in [3.05, 3.63) is 38.4 Å². The summed E-state index contributed by atoms with van der Waals surface area (Å²) in [7, 11) is 0. The van der Waals surface area contributed by atoms with E-state index in [1.165, 1.54) is 4.88 Å². The van der Waals surface area contributed by atoms with Crippen LogP contribution in [-0.4, -0.2) is 9.97 Å². The van der Waals surface area contributed by atoms with Gasteiger partial charge in [-0.2, -0.15) is 0 Å². The van der Waals surface area contributed by atoms with Gasteiger partial charge in [0, 0.05) is 11.1 Å². The van der Waals surface area contributed by atoms with Gasteiger partial charge < -0.3 is 5.32 Å². The molecular formula is C11H12BrN3S. The first-order valence-corrected chi connectivity index (χ1v) is 6.59. The maximum Gasteiger partial charge on any atom is 0.140 e. The van der Waals surface area contributed by atoms with E-state index in [1.54, 1.807) is 11.3 Å². The quantitative estimate of drug-likeness (QED) is 0.942. The number of aryl methyl sites for hydroxylation is 2. The van der Waals surface area contributed by atoms with Gasteiger partial charge in [-0.3, -0.25) is 0 Å². The van der Waals surface area contributed by atoms with E-state index < -0.39 is 0 Å². The molecule has 0 aromatic carbocycles. The second-order valence-corrected chi connectivity index (χ2v) is 5.35. The van der Waals surface area contributed by atoms with Gasteiger partial charge >= 0.3 is 0 Å². The van der Waals surface area contributed by atoms with Crippen molar-refractivity contribution < 1.29 is 0 Å². The first-order chi connectivity index (χ1) is 7.66. The first-order valence-electron chi connectivity index (χ1n) is 4.92. The molecule has 16 heavy (non-hydrogen) atoms. The van der Waals surface area contributed by atoms with Crippen molar-refractivity contribution in [1.82, 2.24) is 9.97 Å². The summed E-state index contributed by atoms with van der Waals surface area (Å²) in [5, 5.41) is 3.30. The fourth-order valence-electron chi connectivity index (χ4n) is 1.32. The summed E-state index contributed by atoms with van der Waals surface area (Å²) in [4.78, 5) is 9.79. The summed E-state index contributed by atoms with van der Waals surface area (Å²) in [6.45, 7) is 4.81. The van der Waals surface area contributed by atoms with Crippen molar-refractivity contribution in [2.75, 3.05) is 5.32 Å². The lowest BCUT2D eigenvalue weighted by Gasteiger charge is -2.07. The molecule has 0 saturated heterocycles. The van der Waals surface area contributed by atoms with Crippen molar-refractivity contribution in [3.63, 3.8) is 0 Å². The molecule has 84 valence electrons. The van der Waals surface area contributed by atoms with E-state index in [1.807, 2.05) is 25.6 Å². The highest BCUT2D eigenvalue weighted by atomic mass is 79.9. The van der Waals surface area contributed by atoms with E-state index in [-0.39, 0.29) is 0 Å². The zero-order valence-electron chi connectivity index (χ0n) is 9.12. The number of anilines is 1. The molecule has 0 aliphatic carbocycles. The molecule has 0 saturated carbocycles. The Morgan fingerprint density at radius 1 is 1.38 bits per heavy atom. The molecule has 0 aliphatic rings. The van der Waals surface area contributed by atoms with E-state index in [0.717, 1.165) is 28.1 Å². The van der Waals surface area contributed by atoms with Crippen LogP contribution in [0.15, 0.2) is 22.2 Å². The zero-order chi connectivity index (χ0) is 11.5. The molecule has 5 heteroatoms. The van der Waals surface area contributed by atoms with Gasteiger partial charge in [-0.05, 0) is 41.4 Å². The summed E-state index contributed by atoms with van der Waals surface area (Å²) < 4.78 is 0.995. The summed E-state index contributed by atoms with van der Waals surface area (Å²) in [6.07, 6.45) is 1.85.